The molecule has 7 heteroatoms. The molecule has 0 aromatic carbocycles. The van der Waals surface area contributed by atoms with Crippen molar-refractivity contribution < 1.29 is 12.9 Å². The van der Waals surface area contributed by atoms with Crippen molar-refractivity contribution in [1.82, 2.24) is 15.5 Å². The van der Waals surface area contributed by atoms with Crippen LogP contribution in [0.1, 0.15) is 31.0 Å². The molecule has 0 amide bonds. The summed E-state index contributed by atoms with van der Waals surface area (Å²) in [5.74, 6) is 1.09. The maximum Gasteiger partial charge on any atom is 0.223 e. The predicted molar refractivity (Wildman–Crippen MR) is 62.1 cm³/mol. The van der Waals surface area contributed by atoms with Gasteiger partial charge in [0.15, 0.2) is 15.7 Å². The number of aryl methyl sites for hydroxylation is 1. The van der Waals surface area contributed by atoms with Crippen LogP contribution >= 0.6 is 0 Å². The maximum atomic E-state index is 11.6. The first-order valence-electron chi connectivity index (χ1n) is 5.68. The molecule has 0 aliphatic heterocycles. The molecule has 1 aromatic heterocycles. The molecule has 1 aliphatic rings. The van der Waals surface area contributed by atoms with Crippen LogP contribution < -0.4 is 5.32 Å². The first kappa shape index (κ1) is 12.5. The van der Waals surface area contributed by atoms with E-state index >= 15 is 0 Å². The summed E-state index contributed by atoms with van der Waals surface area (Å²) in [7, 11) is -2.98. The Kier molecular flexibility index (Phi) is 3.48. The highest BCUT2D eigenvalue weighted by Gasteiger charge is 2.34. The van der Waals surface area contributed by atoms with Crippen molar-refractivity contribution in [3.63, 3.8) is 0 Å². The Labute approximate surface area is 101 Å². The van der Waals surface area contributed by atoms with E-state index in [2.05, 4.69) is 15.5 Å². The van der Waals surface area contributed by atoms with Gasteiger partial charge >= 0.3 is 0 Å². The zero-order chi connectivity index (χ0) is 12.5. The Hall–Kier alpha value is -0.950. The lowest BCUT2D eigenvalue weighted by Gasteiger charge is -2.18. The van der Waals surface area contributed by atoms with Crippen LogP contribution in [0, 0.1) is 6.92 Å². The first-order valence-corrected chi connectivity index (χ1v) is 7.63. The monoisotopic (exact) mass is 259 g/mol. The van der Waals surface area contributed by atoms with E-state index in [9.17, 15) is 8.42 Å². The molecular weight excluding hydrogens is 242 g/mol. The number of nitrogens with one attached hydrogen (secondary N) is 1. The Morgan fingerprint density at radius 2 is 2.24 bits per heavy atom. The molecule has 0 radical (unpaired) electrons. The van der Waals surface area contributed by atoms with Crippen molar-refractivity contribution in [3.8, 4) is 0 Å². The minimum Gasteiger partial charge on any atom is -0.340 e. The van der Waals surface area contributed by atoms with Crippen molar-refractivity contribution in [2.24, 2.45) is 0 Å². The smallest absolute Gasteiger partial charge is 0.223 e. The summed E-state index contributed by atoms with van der Waals surface area (Å²) < 4.78 is 28.0. The highest BCUT2D eigenvalue weighted by Crippen LogP contribution is 2.25. The van der Waals surface area contributed by atoms with E-state index < -0.39 is 9.84 Å². The van der Waals surface area contributed by atoms with Gasteiger partial charge in [0, 0.05) is 19.2 Å². The zero-order valence-electron chi connectivity index (χ0n) is 10.0. The van der Waals surface area contributed by atoms with Crippen LogP contribution in [-0.2, 0) is 16.4 Å². The van der Waals surface area contributed by atoms with E-state index in [1.807, 2.05) is 0 Å². The molecule has 0 spiro atoms. The molecule has 6 nitrogen and oxygen atoms in total. The number of hydrogen-bond donors (Lipinski definition) is 1. The third kappa shape index (κ3) is 3.04. The largest absolute Gasteiger partial charge is 0.340 e. The van der Waals surface area contributed by atoms with Crippen LogP contribution in [-0.4, -0.2) is 36.1 Å². The first-order chi connectivity index (χ1) is 7.97. The molecule has 1 N–H and O–H groups in total. The van der Waals surface area contributed by atoms with Gasteiger partial charge in [-0.25, -0.2) is 8.42 Å². The number of sulfone groups is 1. The van der Waals surface area contributed by atoms with Gasteiger partial charge < -0.3 is 9.84 Å². The topological polar surface area (TPSA) is 85.1 Å². The third-order valence-electron chi connectivity index (χ3n) is 3.09. The van der Waals surface area contributed by atoms with E-state index in [-0.39, 0.29) is 11.3 Å². The van der Waals surface area contributed by atoms with Gasteiger partial charge in [0.25, 0.3) is 0 Å². The van der Waals surface area contributed by atoms with Crippen LogP contribution in [0.15, 0.2) is 4.52 Å². The lowest BCUT2D eigenvalue weighted by Crippen LogP contribution is -2.39. The van der Waals surface area contributed by atoms with Gasteiger partial charge in [-0.05, 0) is 12.8 Å². The molecule has 2 atom stereocenters. The number of nitrogens with zero attached hydrogens (tertiary/aromatic N) is 2. The van der Waals surface area contributed by atoms with Gasteiger partial charge in [0.2, 0.25) is 5.89 Å². The van der Waals surface area contributed by atoms with E-state index in [0.717, 1.165) is 19.3 Å². The zero-order valence-corrected chi connectivity index (χ0v) is 10.8. The predicted octanol–water partition coefficient (Wildman–Crippen LogP) is 0.433. The summed E-state index contributed by atoms with van der Waals surface area (Å²) in [5, 5.41) is 6.69. The fraction of sp³-hybridized carbons (Fsp3) is 0.800. The van der Waals surface area contributed by atoms with Crippen LogP contribution in [0.3, 0.4) is 0 Å². The average Bonchev–Trinajstić information content (AvgIpc) is 2.81. The van der Waals surface area contributed by atoms with Gasteiger partial charge in [-0.3, -0.25) is 0 Å². The highest BCUT2D eigenvalue weighted by molar-refractivity contribution is 7.91. The maximum absolute atomic E-state index is 11.6. The van der Waals surface area contributed by atoms with Gasteiger partial charge in [0.05, 0.1) is 11.8 Å². The highest BCUT2D eigenvalue weighted by atomic mass is 32.2. The quantitative estimate of drug-likeness (QED) is 0.844. The summed E-state index contributed by atoms with van der Waals surface area (Å²) in [6.45, 7) is 2.18. The van der Waals surface area contributed by atoms with Crippen LogP contribution in [0.25, 0.3) is 0 Å². The fourth-order valence-electron chi connectivity index (χ4n) is 2.31. The molecule has 96 valence electrons. The van der Waals surface area contributed by atoms with Crippen molar-refractivity contribution in [3.05, 3.63) is 11.7 Å². The summed E-state index contributed by atoms with van der Waals surface area (Å²) >= 11 is 0. The van der Waals surface area contributed by atoms with Crippen LogP contribution in [0.4, 0.5) is 0 Å². The van der Waals surface area contributed by atoms with Gasteiger partial charge in [0.1, 0.15) is 0 Å². The average molecular weight is 259 g/mol. The molecule has 2 unspecified atom stereocenters. The van der Waals surface area contributed by atoms with E-state index in [1.54, 1.807) is 6.92 Å². The molecule has 0 bridgehead atoms. The second kappa shape index (κ2) is 4.73. The summed E-state index contributed by atoms with van der Waals surface area (Å²) in [5.41, 5.74) is 0. The lowest BCUT2D eigenvalue weighted by atomic mass is 10.2. The van der Waals surface area contributed by atoms with E-state index in [1.165, 1.54) is 6.26 Å². The minimum atomic E-state index is -2.98. The Bertz CT molecular complexity index is 483. The Morgan fingerprint density at radius 1 is 1.47 bits per heavy atom. The second-order valence-corrected chi connectivity index (χ2v) is 6.78. The van der Waals surface area contributed by atoms with Crippen LogP contribution in [0.5, 0.6) is 0 Å². The molecule has 1 heterocycles. The van der Waals surface area contributed by atoms with Gasteiger partial charge in [-0.2, -0.15) is 4.98 Å². The molecule has 1 aromatic rings. The molecular formula is C10H17N3O3S. The van der Waals surface area contributed by atoms with E-state index in [4.69, 9.17) is 4.52 Å². The SMILES string of the molecule is Cc1nc(CNC2CCCC2S(C)(=O)=O)no1. The normalized spacial score (nSPS) is 25.3. The number of rotatable bonds is 4. The van der Waals surface area contributed by atoms with E-state index in [0.29, 0.717) is 18.3 Å². The Balaban J connectivity index is 1.95. The molecule has 1 saturated carbocycles. The van der Waals surface area contributed by atoms with Crippen molar-refractivity contribution in [2.45, 2.75) is 44.0 Å². The van der Waals surface area contributed by atoms with Crippen molar-refractivity contribution in [2.75, 3.05) is 6.26 Å². The molecule has 17 heavy (non-hydrogen) atoms. The van der Waals surface area contributed by atoms with Crippen molar-refractivity contribution >= 4 is 9.84 Å². The minimum absolute atomic E-state index is 0.00352. The lowest BCUT2D eigenvalue weighted by molar-refractivity contribution is 0.383. The number of aromatic nitrogens is 2. The van der Waals surface area contributed by atoms with Crippen molar-refractivity contribution in [1.29, 1.82) is 0 Å². The Morgan fingerprint density at radius 3 is 2.82 bits per heavy atom. The molecule has 2 rings (SSSR count). The molecule has 1 aliphatic carbocycles. The van der Waals surface area contributed by atoms with Crippen LogP contribution in [0.2, 0.25) is 0 Å². The summed E-state index contributed by atoms with van der Waals surface area (Å²) in [6, 6.07) is 0.00352. The van der Waals surface area contributed by atoms with Gasteiger partial charge in [-0.1, -0.05) is 11.6 Å². The van der Waals surface area contributed by atoms with Gasteiger partial charge in [-0.15, -0.1) is 0 Å². The standard InChI is InChI=1S/C10H17N3O3S/c1-7-12-10(13-16-7)6-11-8-4-3-5-9(8)17(2,14)15/h8-9,11H,3-6H2,1-2H3. The number of hydrogen-bond acceptors (Lipinski definition) is 6. The fourth-order valence-corrected chi connectivity index (χ4v) is 3.73. The summed E-state index contributed by atoms with van der Waals surface area (Å²) in [6.07, 6.45) is 3.87. The summed E-state index contributed by atoms with van der Waals surface area (Å²) in [4.78, 5) is 4.07. The molecule has 1 fully saturated rings. The molecule has 0 saturated heterocycles. The second-order valence-electron chi connectivity index (χ2n) is 4.52. The third-order valence-corrected chi connectivity index (χ3v) is 4.76.